The van der Waals surface area contributed by atoms with Gasteiger partial charge in [0, 0.05) is 12.7 Å². The van der Waals surface area contributed by atoms with Crippen molar-refractivity contribution in [3.8, 4) is 5.75 Å². The summed E-state index contributed by atoms with van der Waals surface area (Å²) in [6, 6.07) is 5.63. The molecule has 0 aromatic heterocycles. The third-order valence-electron chi connectivity index (χ3n) is 1.52. The van der Waals surface area contributed by atoms with E-state index in [1.165, 1.54) is 0 Å². The molecule has 0 aliphatic rings. The molecule has 2 nitrogen and oxygen atoms in total. The van der Waals surface area contributed by atoms with E-state index in [1.807, 2.05) is 32.2 Å². The maximum Gasteiger partial charge on any atom is 0.138 e. The van der Waals surface area contributed by atoms with Crippen molar-refractivity contribution in [2.45, 2.75) is 6.92 Å². The van der Waals surface area contributed by atoms with Crippen molar-refractivity contribution in [3.05, 3.63) is 23.2 Å². The summed E-state index contributed by atoms with van der Waals surface area (Å²) in [5.74, 6) is 0.734. The number of ether oxygens (including phenoxy) is 1. The minimum Gasteiger partial charge on any atom is -0.492 e. The minimum atomic E-state index is 0. The molecular formula is C9H13Cl2NO. The van der Waals surface area contributed by atoms with E-state index in [1.54, 1.807) is 0 Å². The van der Waals surface area contributed by atoms with Crippen LogP contribution in [0.2, 0.25) is 5.02 Å². The molecular weight excluding hydrogens is 209 g/mol. The van der Waals surface area contributed by atoms with Crippen LogP contribution in [0.1, 0.15) is 6.92 Å². The predicted octanol–water partition coefficient (Wildman–Crippen LogP) is 3.20. The second-order valence-corrected chi connectivity index (χ2v) is 2.74. The van der Waals surface area contributed by atoms with Crippen molar-refractivity contribution in [2.75, 3.05) is 19.0 Å². The number of nitrogens with one attached hydrogen (secondary N) is 1. The fourth-order valence-electron chi connectivity index (χ4n) is 0.929. The van der Waals surface area contributed by atoms with Crippen LogP contribution in [0.5, 0.6) is 5.75 Å². The van der Waals surface area contributed by atoms with Gasteiger partial charge in [0.2, 0.25) is 0 Å². The Hall–Kier alpha value is -0.600. The second kappa shape index (κ2) is 5.95. The van der Waals surface area contributed by atoms with E-state index in [0.717, 1.165) is 11.4 Å². The van der Waals surface area contributed by atoms with E-state index in [4.69, 9.17) is 16.3 Å². The molecule has 74 valence electrons. The Morgan fingerprint density at radius 1 is 1.46 bits per heavy atom. The third kappa shape index (κ3) is 3.33. The maximum atomic E-state index is 5.92. The molecule has 0 heterocycles. The zero-order valence-corrected chi connectivity index (χ0v) is 9.21. The molecule has 0 amide bonds. The molecule has 1 aromatic rings. The van der Waals surface area contributed by atoms with Gasteiger partial charge in [-0.2, -0.15) is 0 Å². The number of rotatable bonds is 3. The van der Waals surface area contributed by atoms with Gasteiger partial charge >= 0.3 is 0 Å². The van der Waals surface area contributed by atoms with Gasteiger partial charge in [0.1, 0.15) is 5.75 Å². The Morgan fingerprint density at radius 3 is 2.62 bits per heavy atom. The van der Waals surface area contributed by atoms with E-state index in [-0.39, 0.29) is 12.4 Å². The second-order valence-electron chi connectivity index (χ2n) is 2.33. The lowest BCUT2D eigenvalue weighted by atomic mass is 10.3. The summed E-state index contributed by atoms with van der Waals surface area (Å²) >= 11 is 5.92. The zero-order chi connectivity index (χ0) is 8.97. The monoisotopic (exact) mass is 221 g/mol. The number of hydrogen-bond donors (Lipinski definition) is 1. The lowest BCUT2D eigenvalue weighted by molar-refractivity contribution is 0.340. The molecule has 1 N–H and O–H groups in total. The van der Waals surface area contributed by atoms with Gasteiger partial charge in [-0.1, -0.05) is 11.6 Å². The number of hydrogen-bond acceptors (Lipinski definition) is 2. The normalized spacial score (nSPS) is 8.85. The number of halogens is 2. The highest BCUT2D eigenvalue weighted by molar-refractivity contribution is 6.32. The lowest BCUT2D eigenvalue weighted by Crippen LogP contribution is -1.93. The Morgan fingerprint density at radius 2 is 2.15 bits per heavy atom. The topological polar surface area (TPSA) is 21.3 Å². The van der Waals surface area contributed by atoms with Gasteiger partial charge in [-0.05, 0) is 25.1 Å². The molecule has 1 rings (SSSR count). The summed E-state index contributed by atoms with van der Waals surface area (Å²) in [6.45, 7) is 2.57. The molecule has 0 saturated carbocycles. The first kappa shape index (κ1) is 12.4. The molecule has 0 unspecified atom stereocenters. The molecule has 0 spiro atoms. The molecule has 0 aliphatic heterocycles. The van der Waals surface area contributed by atoms with E-state index in [9.17, 15) is 0 Å². The molecule has 0 radical (unpaired) electrons. The van der Waals surface area contributed by atoms with Crippen LogP contribution in [-0.4, -0.2) is 13.7 Å². The van der Waals surface area contributed by atoms with E-state index in [2.05, 4.69) is 5.32 Å². The molecule has 1 aromatic carbocycles. The van der Waals surface area contributed by atoms with Crippen LogP contribution in [0.15, 0.2) is 18.2 Å². The Labute approximate surface area is 89.6 Å². The predicted molar refractivity (Wildman–Crippen MR) is 59.4 cm³/mol. The average molecular weight is 222 g/mol. The molecule has 13 heavy (non-hydrogen) atoms. The smallest absolute Gasteiger partial charge is 0.138 e. The van der Waals surface area contributed by atoms with E-state index >= 15 is 0 Å². The van der Waals surface area contributed by atoms with Crippen LogP contribution in [0.25, 0.3) is 0 Å². The first-order valence-corrected chi connectivity index (χ1v) is 4.25. The highest BCUT2D eigenvalue weighted by Gasteiger charge is 2.00. The average Bonchev–Trinajstić information content (AvgIpc) is 2.09. The highest BCUT2D eigenvalue weighted by atomic mass is 35.5. The van der Waals surface area contributed by atoms with Gasteiger partial charge in [-0.3, -0.25) is 0 Å². The standard InChI is InChI=1S/C9H12ClNO.ClH/c1-3-12-9-5-4-7(11-2)6-8(9)10;/h4-6,11H,3H2,1-2H3;1H. The Kier molecular flexibility index (Phi) is 5.67. The summed E-state index contributed by atoms with van der Waals surface area (Å²) in [6.07, 6.45) is 0. The van der Waals surface area contributed by atoms with Crippen molar-refractivity contribution < 1.29 is 4.74 Å². The van der Waals surface area contributed by atoms with E-state index < -0.39 is 0 Å². The SMILES string of the molecule is CCOc1ccc(NC)cc1Cl.Cl. The van der Waals surface area contributed by atoms with Crippen LogP contribution in [0.3, 0.4) is 0 Å². The summed E-state index contributed by atoms with van der Waals surface area (Å²) in [4.78, 5) is 0. The van der Waals surface area contributed by atoms with Crippen molar-refractivity contribution in [1.82, 2.24) is 0 Å². The molecule has 0 fully saturated rings. The molecule has 4 heteroatoms. The fourth-order valence-corrected chi connectivity index (χ4v) is 1.16. The summed E-state index contributed by atoms with van der Waals surface area (Å²) in [5.41, 5.74) is 0.989. The number of anilines is 1. The van der Waals surface area contributed by atoms with Gasteiger partial charge in [0.15, 0.2) is 0 Å². The maximum absolute atomic E-state index is 5.92. The molecule has 0 aliphatic carbocycles. The fraction of sp³-hybridized carbons (Fsp3) is 0.333. The van der Waals surface area contributed by atoms with Crippen molar-refractivity contribution >= 4 is 29.7 Å². The van der Waals surface area contributed by atoms with Crippen LogP contribution < -0.4 is 10.1 Å². The third-order valence-corrected chi connectivity index (χ3v) is 1.82. The summed E-state index contributed by atoms with van der Waals surface area (Å²) < 4.78 is 5.28. The van der Waals surface area contributed by atoms with Crippen molar-refractivity contribution in [3.63, 3.8) is 0 Å². The largest absolute Gasteiger partial charge is 0.492 e. The van der Waals surface area contributed by atoms with Gasteiger partial charge < -0.3 is 10.1 Å². The van der Waals surface area contributed by atoms with E-state index in [0.29, 0.717) is 11.6 Å². The molecule has 0 atom stereocenters. The zero-order valence-electron chi connectivity index (χ0n) is 7.63. The first-order valence-electron chi connectivity index (χ1n) is 3.88. The van der Waals surface area contributed by atoms with Crippen molar-refractivity contribution in [2.24, 2.45) is 0 Å². The van der Waals surface area contributed by atoms with Crippen LogP contribution in [0.4, 0.5) is 5.69 Å². The van der Waals surface area contributed by atoms with Gasteiger partial charge in [-0.25, -0.2) is 0 Å². The van der Waals surface area contributed by atoms with Crippen LogP contribution in [0, 0.1) is 0 Å². The molecule has 0 saturated heterocycles. The molecule has 0 bridgehead atoms. The van der Waals surface area contributed by atoms with Crippen LogP contribution >= 0.6 is 24.0 Å². The Balaban J connectivity index is 0.00000144. The lowest BCUT2D eigenvalue weighted by Gasteiger charge is -2.06. The van der Waals surface area contributed by atoms with Gasteiger partial charge in [-0.15, -0.1) is 12.4 Å². The first-order chi connectivity index (χ1) is 5.77. The minimum absolute atomic E-state index is 0. The van der Waals surface area contributed by atoms with Crippen LogP contribution in [-0.2, 0) is 0 Å². The van der Waals surface area contributed by atoms with Crippen molar-refractivity contribution in [1.29, 1.82) is 0 Å². The Bertz CT molecular complexity index is 266. The summed E-state index contributed by atoms with van der Waals surface area (Å²) in [5, 5.41) is 3.64. The van der Waals surface area contributed by atoms with Gasteiger partial charge in [0.05, 0.1) is 11.6 Å². The van der Waals surface area contributed by atoms with Gasteiger partial charge in [0.25, 0.3) is 0 Å². The summed E-state index contributed by atoms with van der Waals surface area (Å²) in [7, 11) is 1.85. The highest BCUT2D eigenvalue weighted by Crippen LogP contribution is 2.27. The number of benzene rings is 1. The quantitative estimate of drug-likeness (QED) is 0.847.